The first-order chi connectivity index (χ1) is 13.0. The van der Waals surface area contributed by atoms with Crippen molar-refractivity contribution in [3.05, 3.63) is 34.9 Å². The number of carbonyl (C=O) groups is 1. The highest BCUT2D eigenvalue weighted by Gasteiger charge is 2.66. The van der Waals surface area contributed by atoms with Gasteiger partial charge >= 0.3 is 0 Å². The maximum atomic E-state index is 13.0. The molecule has 27 heavy (non-hydrogen) atoms. The molecule has 2 heterocycles. The SMILES string of the molecule is C=C(C)c1cc(C)c2c3c1CC1C4CCC(=O)C(O2)[C@@]34CCN1CC1CC1. The number of carbonyl (C=O) groups excluding carboxylic acids is 1. The number of hydrogen-bond acceptors (Lipinski definition) is 3. The minimum absolute atomic E-state index is 0.0703. The van der Waals surface area contributed by atoms with Gasteiger partial charge in [-0.1, -0.05) is 12.2 Å². The van der Waals surface area contributed by atoms with Gasteiger partial charge in [-0.25, -0.2) is 0 Å². The topological polar surface area (TPSA) is 29.5 Å². The number of likely N-dealkylation sites (tertiary alicyclic amines) is 1. The molecule has 142 valence electrons. The molecule has 0 amide bonds. The van der Waals surface area contributed by atoms with E-state index in [9.17, 15) is 4.79 Å². The number of allylic oxidation sites excluding steroid dienone is 1. The van der Waals surface area contributed by atoms with E-state index in [1.165, 1.54) is 41.6 Å². The summed E-state index contributed by atoms with van der Waals surface area (Å²) >= 11 is 0. The Kier molecular flexibility index (Phi) is 3.18. The van der Waals surface area contributed by atoms with Gasteiger partial charge < -0.3 is 4.74 Å². The van der Waals surface area contributed by atoms with Crippen molar-refractivity contribution in [2.24, 2.45) is 11.8 Å². The van der Waals surface area contributed by atoms with E-state index in [0.717, 1.165) is 43.0 Å². The van der Waals surface area contributed by atoms with E-state index in [-0.39, 0.29) is 11.5 Å². The summed E-state index contributed by atoms with van der Waals surface area (Å²) in [5.74, 6) is 2.85. The lowest BCUT2D eigenvalue weighted by molar-refractivity contribution is -0.138. The van der Waals surface area contributed by atoms with E-state index >= 15 is 0 Å². The lowest BCUT2D eigenvalue weighted by Gasteiger charge is -2.58. The van der Waals surface area contributed by atoms with Crippen LogP contribution in [0.25, 0.3) is 5.57 Å². The van der Waals surface area contributed by atoms with Crippen molar-refractivity contribution in [2.75, 3.05) is 13.1 Å². The van der Waals surface area contributed by atoms with Crippen molar-refractivity contribution >= 4 is 11.4 Å². The molecule has 0 aromatic heterocycles. The summed E-state index contributed by atoms with van der Waals surface area (Å²) in [6.45, 7) is 10.9. The number of Topliss-reactive ketones (excluding diaryl/α,β-unsaturated/α-hetero) is 1. The third kappa shape index (κ3) is 1.99. The van der Waals surface area contributed by atoms with E-state index < -0.39 is 0 Å². The average Bonchev–Trinajstić information content (AvgIpc) is 3.38. The molecule has 1 aromatic carbocycles. The fourth-order valence-corrected chi connectivity index (χ4v) is 6.91. The molecule has 1 aromatic rings. The Balaban J connectivity index is 1.58. The first-order valence-corrected chi connectivity index (χ1v) is 10.8. The van der Waals surface area contributed by atoms with Gasteiger partial charge in [0.1, 0.15) is 5.75 Å². The van der Waals surface area contributed by atoms with Crippen molar-refractivity contribution in [1.82, 2.24) is 4.90 Å². The highest BCUT2D eigenvalue weighted by molar-refractivity contribution is 5.89. The largest absolute Gasteiger partial charge is 0.481 e. The summed E-state index contributed by atoms with van der Waals surface area (Å²) in [4.78, 5) is 15.7. The summed E-state index contributed by atoms with van der Waals surface area (Å²) in [7, 11) is 0. The van der Waals surface area contributed by atoms with Gasteiger partial charge in [0.2, 0.25) is 0 Å². The lowest BCUT2D eigenvalue weighted by atomic mass is 9.51. The standard InChI is InChI=1S/C24H29NO2/c1-13(2)16-10-14(3)22-21-17(16)11-19-18-6-7-20(26)23(27-22)24(18,21)8-9-25(19)12-15-4-5-15/h10,15,18-19,23H,1,4-9,11-12H2,2-3H3/t18?,19?,23?,24-/m1/s1. The van der Waals surface area contributed by atoms with Crippen molar-refractivity contribution in [3.63, 3.8) is 0 Å². The first kappa shape index (κ1) is 16.4. The molecule has 2 aliphatic heterocycles. The summed E-state index contributed by atoms with van der Waals surface area (Å²) < 4.78 is 6.49. The van der Waals surface area contributed by atoms with Gasteiger partial charge in [-0.15, -0.1) is 0 Å². The highest BCUT2D eigenvalue weighted by Crippen LogP contribution is 2.63. The second-order valence-electron chi connectivity index (χ2n) is 9.81. The number of aryl methyl sites for hydroxylation is 1. The molecule has 3 unspecified atom stereocenters. The van der Waals surface area contributed by atoms with Gasteiger partial charge in [0.25, 0.3) is 0 Å². The highest BCUT2D eigenvalue weighted by atomic mass is 16.5. The van der Waals surface area contributed by atoms with Crippen LogP contribution in [0.15, 0.2) is 12.6 Å². The summed E-state index contributed by atoms with van der Waals surface area (Å²) in [5, 5.41) is 0. The number of hydrogen-bond donors (Lipinski definition) is 0. The van der Waals surface area contributed by atoms with E-state index in [2.05, 4.69) is 31.4 Å². The molecular formula is C24H29NO2. The Bertz CT molecular complexity index is 883. The van der Waals surface area contributed by atoms with Crippen LogP contribution in [0, 0.1) is 18.8 Å². The molecule has 2 bridgehead atoms. The third-order valence-corrected chi connectivity index (χ3v) is 8.21. The molecule has 4 atom stereocenters. The number of ketones is 1. The maximum Gasteiger partial charge on any atom is 0.174 e. The van der Waals surface area contributed by atoms with Crippen LogP contribution in [-0.4, -0.2) is 35.9 Å². The Morgan fingerprint density at radius 1 is 1.37 bits per heavy atom. The van der Waals surface area contributed by atoms with Gasteiger partial charge in [-0.2, -0.15) is 0 Å². The number of benzene rings is 1. The maximum absolute atomic E-state index is 13.0. The van der Waals surface area contributed by atoms with Crippen molar-refractivity contribution in [2.45, 2.75) is 69.9 Å². The van der Waals surface area contributed by atoms with Gasteiger partial charge in [0.05, 0.1) is 0 Å². The van der Waals surface area contributed by atoms with Crippen LogP contribution in [0.2, 0.25) is 0 Å². The van der Waals surface area contributed by atoms with Crippen LogP contribution in [0.1, 0.15) is 61.3 Å². The van der Waals surface area contributed by atoms with E-state index in [1.54, 1.807) is 0 Å². The molecular weight excluding hydrogens is 334 g/mol. The minimum Gasteiger partial charge on any atom is -0.481 e. The zero-order valence-electron chi connectivity index (χ0n) is 16.5. The molecule has 0 N–H and O–H groups in total. The monoisotopic (exact) mass is 363 g/mol. The van der Waals surface area contributed by atoms with Crippen LogP contribution in [0.5, 0.6) is 5.75 Å². The molecule has 5 aliphatic rings. The van der Waals surface area contributed by atoms with Crippen molar-refractivity contribution in [1.29, 1.82) is 0 Å². The summed E-state index contributed by atoms with van der Waals surface area (Å²) in [5.41, 5.74) is 6.42. The molecule has 3 nitrogen and oxygen atoms in total. The van der Waals surface area contributed by atoms with Crippen LogP contribution in [0.3, 0.4) is 0 Å². The number of ether oxygens (including phenoxy) is 1. The van der Waals surface area contributed by atoms with Crippen LogP contribution < -0.4 is 4.74 Å². The average molecular weight is 364 g/mol. The van der Waals surface area contributed by atoms with Gasteiger partial charge in [0.15, 0.2) is 11.9 Å². The molecule has 1 saturated heterocycles. The Labute approximate surface area is 161 Å². The molecule has 0 radical (unpaired) electrons. The smallest absolute Gasteiger partial charge is 0.174 e. The van der Waals surface area contributed by atoms with E-state index in [1.807, 2.05) is 0 Å². The Morgan fingerprint density at radius 2 is 2.19 bits per heavy atom. The Hall–Kier alpha value is -1.61. The zero-order chi connectivity index (χ0) is 18.5. The lowest BCUT2D eigenvalue weighted by Crippen LogP contribution is -2.66. The Morgan fingerprint density at radius 3 is 2.93 bits per heavy atom. The van der Waals surface area contributed by atoms with E-state index in [0.29, 0.717) is 24.2 Å². The first-order valence-electron chi connectivity index (χ1n) is 10.8. The van der Waals surface area contributed by atoms with Gasteiger partial charge in [-0.05, 0) is 87.1 Å². The predicted molar refractivity (Wildman–Crippen MR) is 106 cm³/mol. The quantitative estimate of drug-likeness (QED) is 0.811. The molecule has 6 rings (SSSR count). The predicted octanol–water partition coefficient (Wildman–Crippen LogP) is 4.05. The fourth-order valence-electron chi connectivity index (χ4n) is 6.91. The van der Waals surface area contributed by atoms with Crippen LogP contribution in [-0.2, 0) is 16.6 Å². The molecule has 3 fully saturated rings. The third-order valence-electron chi connectivity index (χ3n) is 8.21. The number of piperidine rings is 1. The molecule has 1 spiro atoms. The summed E-state index contributed by atoms with van der Waals surface area (Å²) in [6.07, 6.45) is 6.49. The molecule has 3 aliphatic carbocycles. The minimum atomic E-state index is -0.241. The van der Waals surface area contributed by atoms with Crippen molar-refractivity contribution < 1.29 is 9.53 Å². The second-order valence-corrected chi connectivity index (χ2v) is 9.81. The van der Waals surface area contributed by atoms with E-state index in [4.69, 9.17) is 4.74 Å². The zero-order valence-corrected chi connectivity index (χ0v) is 16.5. The number of rotatable bonds is 3. The molecule has 2 saturated carbocycles. The number of nitrogens with zero attached hydrogens (tertiary/aromatic N) is 1. The fraction of sp³-hybridized carbons (Fsp3) is 0.625. The second kappa shape index (κ2) is 5.26. The normalized spacial score (nSPS) is 36.4. The van der Waals surface area contributed by atoms with Crippen LogP contribution in [0.4, 0.5) is 0 Å². The summed E-state index contributed by atoms with van der Waals surface area (Å²) in [6, 6.07) is 2.83. The van der Waals surface area contributed by atoms with Gasteiger partial charge in [0, 0.05) is 30.0 Å². The van der Waals surface area contributed by atoms with Gasteiger partial charge in [-0.3, -0.25) is 9.69 Å². The molecule has 3 heteroatoms. The van der Waals surface area contributed by atoms with Crippen LogP contribution >= 0.6 is 0 Å². The van der Waals surface area contributed by atoms with Crippen molar-refractivity contribution in [3.8, 4) is 5.75 Å².